The van der Waals surface area contributed by atoms with Crippen LogP contribution < -0.4 is 14.2 Å². The molecule has 4 rings (SSSR count). The highest BCUT2D eigenvalue weighted by Crippen LogP contribution is 2.37. The summed E-state index contributed by atoms with van der Waals surface area (Å²) in [5, 5.41) is 7.32. The molecule has 37 heavy (non-hydrogen) atoms. The Morgan fingerprint density at radius 1 is 1.08 bits per heavy atom. The topological polar surface area (TPSA) is 149 Å². The number of sulfonamides is 1. The molecule has 1 fully saturated rings. The first-order valence-corrected chi connectivity index (χ1v) is 13.0. The van der Waals surface area contributed by atoms with Crippen LogP contribution in [-0.2, 0) is 24.2 Å². The second-order valence-electron chi connectivity index (χ2n) is 8.29. The van der Waals surface area contributed by atoms with Crippen LogP contribution >= 0.6 is 0 Å². The van der Waals surface area contributed by atoms with Gasteiger partial charge in [-0.3, -0.25) is 9.29 Å². The molecule has 0 spiro atoms. The van der Waals surface area contributed by atoms with E-state index in [0.717, 1.165) is 5.56 Å². The molecule has 0 saturated carbocycles. The molecule has 0 amide bonds. The van der Waals surface area contributed by atoms with E-state index < -0.39 is 27.5 Å². The van der Waals surface area contributed by atoms with Gasteiger partial charge in [0.05, 0.1) is 34.0 Å². The summed E-state index contributed by atoms with van der Waals surface area (Å²) >= 11 is 0. The van der Waals surface area contributed by atoms with E-state index in [2.05, 4.69) is 24.9 Å². The van der Waals surface area contributed by atoms with Gasteiger partial charge >= 0.3 is 0 Å². The number of nitrogens with one attached hydrogen (secondary N) is 1. The van der Waals surface area contributed by atoms with Crippen LogP contribution in [0.2, 0.25) is 0 Å². The van der Waals surface area contributed by atoms with E-state index in [9.17, 15) is 8.42 Å². The lowest BCUT2D eigenvalue weighted by molar-refractivity contribution is -0.0941. The fraction of sp³-hybridized carbons (Fsp3) is 0.478. The molecule has 3 atom stereocenters. The van der Waals surface area contributed by atoms with E-state index in [4.69, 9.17) is 23.7 Å². The fourth-order valence-corrected chi connectivity index (χ4v) is 5.05. The van der Waals surface area contributed by atoms with Crippen LogP contribution in [-0.4, -0.2) is 79.6 Å². The van der Waals surface area contributed by atoms with E-state index in [-0.39, 0.29) is 18.4 Å². The number of aromatic nitrogens is 5. The van der Waals surface area contributed by atoms with Crippen molar-refractivity contribution in [2.75, 3.05) is 45.9 Å². The molecule has 0 bridgehead atoms. The van der Waals surface area contributed by atoms with Crippen molar-refractivity contribution >= 4 is 16.0 Å². The first kappa shape index (κ1) is 26.7. The van der Waals surface area contributed by atoms with Gasteiger partial charge in [0.2, 0.25) is 16.0 Å². The van der Waals surface area contributed by atoms with Crippen molar-refractivity contribution in [3.05, 3.63) is 47.8 Å². The van der Waals surface area contributed by atoms with Gasteiger partial charge in [0.1, 0.15) is 34.6 Å². The number of anilines is 1. The maximum atomic E-state index is 13.6. The molecule has 0 aliphatic carbocycles. The van der Waals surface area contributed by atoms with Gasteiger partial charge in [-0.2, -0.15) is 0 Å². The second kappa shape index (κ2) is 11.4. The molecule has 3 aromatic rings. The van der Waals surface area contributed by atoms with Crippen molar-refractivity contribution in [2.45, 2.75) is 31.3 Å². The first-order chi connectivity index (χ1) is 17.8. The van der Waals surface area contributed by atoms with Gasteiger partial charge in [-0.1, -0.05) is 6.07 Å². The number of para-hydroxylation sites is 1. The zero-order valence-electron chi connectivity index (χ0n) is 21.2. The molecule has 1 aliphatic heterocycles. The molecule has 1 aliphatic rings. The summed E-state index contributed by atoms with van der Waals surface area (Å²) in [6.07, 6.45) is 1.66. The van der Waals surface area contributed by atoms with Crippen molar-refractivity contribution in [3.63, 3.8) is 0 Å². The minimum atomic E-state index is -4.10. The smallest absolute Gasteiger partial charge is 0.243 e. The van der Waals surface area contributed by atoms with Gasteiger partial charge in [0, 0.05) is 19.5 Å². The van der Waals surface area contributed by atoms with E-state index in [1.54, 1.807) is 30.6 Å². The molecule has 1 aromatic carbocycles. The summed E-state index contributed by atoms with van der Waals surface area (Å²) in [5.41, 5.74) is 1.24. The third-order valence-electron chi connectivity index (χ3n) is 5.88. The summed E-state index contributed by atoms with van der Waals surface area (Å²) in [6, 6.07) is 5.19. The highest BCUT2D eigenvalue weighted by Gasteiger charge is 2.36. The van der Waals surface area contributed by atoms with Crippen LogP contribution in [0.25, 0.3) is 5.69 Å². The number of methoxy groups -OCH3 is 3. The number of ether oxygens (including phenoxy) is 5. The minimum Gasteiger partial charge on any atom is -0.494 e. The van der Waals surface area contributed by atoms with Crippen molar-refractivity contribution in [3.8, 4) is 17.2 Å². The molecule has 13 nitrogen and oxygen atoms in total. The molecule has 1 saturated heterocycles. The van der Waals surface area contributed by atoms with E-state index >= 15 is 0 Å². The number of hydrogen-bond donors (Lipinski definition) is 1. The number of rotatable bonds is 10. The number of nitrogens with zero attached hydrogens (tertiary/aromatic N) is 5. The Bertz CT molecular complexity index is 1290. The van der Waals surface area contributed by atoms with Crippen LogP contribution in [0.4, 0.5) is 5.95 Å². The molecule has 200 valence electrons. The average Bonchev–Trinajstić information content (AvgIpc) is 3.32. The van der Waals surface area contributed by atoms with E-state index in [0.29, 0.717) is 36.2 Å². The predicted molar refractivity (Wildman–Crippen MR) is 132 cm³/mol. The van der Waals surface area contributed by atoms with Crippen LogP contribution in [0.1, 0.15) is 36.3 Å². The lowest BCUT2D eigenvalue weighted by atomic mass is 10.2. The van der Waals surface area contributed by atoms with Crippen LogP contribution in [0.3, 0.4) is 0 Å². The van der Waals surface area contributed by atoms with E-state index in [1.807, 2.05) is 6.92 Å². The molecule has 0 unspecified atom stereocenters. The fourth-order valence-electron chi connectivity index (χ4n) is 3.92. The quantitative estimate of drug-likeness (QED) is 0.407. The lowest BCUT2D eigenvalue weighted by Gasteiger charge is -2.25. The molecule has 3 heterocycles. The van der Waals surface area contributed by atoms with Gasteiger partial charge in [0.15, 0.2) is 11.6 Å². The molecular formula is C23H30N6O7S. The standard InChI is InChI=1S/C23H30N6O7S/c1-14-11-24-21(25-12-14)20(34-5)15(2)37(30,31)28-23-27-26-22(18-13-35-9-10-36-18)29(23)19-16(32-3)7-6-8-17(19)33-4/h6-8,11-12,15,18,20H,9-10,13H2,1-5H3,(H,27,28)/t15-,18+,20-/m0/s1. The van der Waals surface area contributed by atoms with Gasteiger partial charge in [0.25, 0.3) is 0 Å². The summed E-state index contributed by atoms with van der Waals surface area (Å²) in [5.74, 6) is 1.30. The largest absolute Gasteiger partial charge is 0.494 e. The Morgan fingerprint density at radius 2 is 1.76 bits per heavy atom. The maximum Gasteiger partial charge on any atom is 0.243 e. The SMILES string of the molecule is COc1cccc(OC)c1-n1c(NS(=O)(=O)[C@@H](C)[C@H](OC)c2ncc(C)cn2)nnc1[C@H]1COCCO1. The Balaban J connectivity index is 1.78. The Morgan fingerprint density at radius 3 is 2.32 bits per heavy atom. The lowest BCUT2D eigenvalue weighted by Crippen LogP contribution is -2.33. The number of hydrogen-bond acceptors (Lipinski definition) is 11. The number of benzene rings is 1. The Kier molecular flexibility index (Phi) is 8.22. The third-order valence-corrected chi connectivity index (χ3v) is 7.57. The maximum absolute atomic E-state index is 13.6. The Hall–Kier alpha value is -3.33. The summed E-state index contributed by atoms with van der Waals surface area (Å²) in [6.45, 7) is 4.35. The molecule has 0 radical (unpaired) electrons. The summed E-state index contributed by atoms with van der Waals surface area (Å²) < 4.78 is 59.2. The normalized spacial score (nSPS) is 17.7. The Labute approximate surface area is 215 Å². The predicted octanol–water partition coefficient (Wildman–Crippen LogP) is 1.99. The van der Waals surface area contributed by atoms with Gasteiger partial charge in [-0.25, -0.2) is 18.4 Å². The van der Waals surface area contributed by atoms with Crippen molar-refractivity contribution in [1.82, 2.24) is 24.7 Å². The van der Waals surface area contributed by atoms with Crippen molar-refractivity contribution < 1.29 is 32.1 Å². The average molecular weight is 535 g/mol. The monoisotopic (exact) mass is 534 g/mol. The second-order valence-corrected chi connectivity index (χ2v) is 10.3. The highest BCUT2D eigenvalue weighted by atomic mass is 32.2. The molecule has 1 N–H and O–H groups in total. The highest BCUT2D eigenvalue weighted by molar-refractivity contribution is 7.93. The number of aryl methyl sites for hydroxylation is 1. The van der Waals surface area contributed by atoms with Crippen LogP contribution in [0, 0.1) is 6.92 Å². The minimum absolute atomic E-state index is 0.0847. The zero-order chi connectivity index (χ0) is 26.6. The summed E-state index contributed by atoms with van der Waals surface area (Å²) in [7, 11) is 0.300. The third kappa shape index (κ3) is 5.51. The van der Waals surface area contributed by atoms with E-state index in [1.165, 1.54) is 32.8 Å². The van der Waals surface area contributed by atoms with Crippen LogP contribution in [0.15, 0.2) is 30.6 Å². The van der Waals surface area contributed by atoms with Crippen molar-refractivity contribution in [2.24, 2.45) is 0 Å². The zero-order valence-corrected chi connectivity index (χ0v) is 22.1. The van der Waals surface area contributed by atoms with Gasteiger partial charge in [-0.15, -0.1) is 10.2 Å². The molecular weight excluding hydrogens is 504 g/mol. The molecule has 2 aromatic heterocycles. The van der Waals surface area contributed by atoms with Gasteiger partial charge < -0.3 is 23.7 Å². The molecule has 14 heteroatoms. The van der Waals surface area contributed by atoms with Gasteiger partial charge in [-0.05, 0) is 31.5 Å². The summed E-state index contributed by atoms with van der Waals surface area (Å²) in [4.78, 5) is 8.48. The van der Waals surface area contributed by atoms with Crippen LogP contribution in [0.5, 0.6) is 11.5 Å². The first-order valence-electron chi connectivity index (χ1n) is 11.5. The van der Waals surface area contributed by atoms with Crippen molar-refractivity contribution in [1.29, 1.82) is 0 Å².